The predicted octanol–water partition coefficient (Wildman–Crippen LogP) is 1.91. The molecule has 10 heavy (non-hydrogen) atoms. The summed E-state index contributed by atoms with van der Waals surface area (Å²) in [7, 11) is 0. The standard InChI is InChI=1S/C8H11NO/c1-6(2)7-3-4-8(10)9-5-7/h3-6H,1-2H3,(H,9,10)/i3D,4D,5D. The van der Waals surface area contributed by atoms with Crippen molar-refractivity contribution in [1.82, 2.24) is 4.98 Å². The summed E-state index contributed by atoms with van der Waals surface area (Å²) in [5.41, 5.74) is 0.405. The Morgan fingerprint density at radius 1 is 1.60 bits per heavy atom. The lowest BCUT2D eigenvalue weighted by Crippen LogP contribution is -1.86. The summed E-state index contributed by atoms with van der Waals surface area (Å²) in [6.07, 6.45) is -0.117. The Labute approximate surface area is 64.8 Å². The SMILES string of the molecule is [2H]c1nc(O)c([2H])c([2H])c1C(C)C. The summed E-state index contributed by atoms with van der Waals surface area (Å²) in [5, 5.41) is 9.05. The van der Waals surface area contributed by atoms with Crippen molar-refractivity contribution in [3.63, 3.8) is 0 Å². The van der Waals surface area contributed by atoms with E-state index < -0.39 is 5.88 Å². The number of aromatic hydroxyl groups is 1. The van der Waals surface area contributed by atoms with Crippen LogP contribution in [0, 0.1) is 0 Å². The molecule has 0 aliphatic rings. The second-order valence-corrected chi connectivity index (χ2v) is 2.37. The average Bonchev–Trinajstić information content (AvgIpc) is 1.99. The normalized spacial score (nSPS) is 14.5. The molecule has 1 aromatic heterocycles. The summed E-state index contributed by atoms with van der Waals surface area (Å²) in [4.78, 5) is 3.47. The first-order valence-corrected chi connectivity index (χ1v) is 3.11. The van der Waals surface area contributed by atoms with E-state index in [1.165, 1.54) is 0 Å². The van der Waals surface area contributed by atoms with Crippen molar-refractivity contribution < 1.29 is 9.22 Å². The van der Waals surface area contributed by atoms with E-state index in [4.69, 9.17) is 9.22 Å². The van der Waals surface area contributed by atoms with Crippen LogP contribution in [-0.4, -0.2) is 10.1 Å². The Morgan fingerprint density at radius 3 is 2.90 bits per heavy atom. The van der Waals surface area contributed by atoms with Crippen molar-refractivity contribution in [3.8, 4) is 5.88 Å². The molecule has 2 nitrogen and oxygen atoms in total. The predicted molar refractivity (Wildman–Crippen MR) is 40.0 cm³/mol. The second-order valence-electron chi connectivity index (χ2n) is 2.37. The third-order valence-electron chi connectivity index (χ3n) is 1.17. The first-order valence-electron chi connectivity index (χ1n) is 4.61. The highest BCUT2D eigenvalue weighted by molar-refractivity contribution is 5.18. The van der Waals surface area contributed by atoms with Gasteiger partial charge in [-0.25, -0.2) is 4.98 Å². The fraction of sp³-hybridized carbons (Fsp3) is 0.375. The number of aromatic nitrogens is 1. The first kappa shape index (κ1) is 3.96. The molecule has 0 unspecified atom stereocenters. The molecule has 0 aromatic carbocycles. The lowest BCUT2D eigenvalue weighted by Gasteiger charge is -2.02. The molecular weight excluding hydrogens is 126 g/mol. The summed E-state index contributed by atoms with van der Waals surface area (Å²) in [5.74, 6) is -0.573. The van der Waals surface area contributed by atoms with Gasteiger partial charge in [-0.3, -0.25) is 0 Å². The quantitative estimate of drug-likeness (QED) is 0.646. The largest absolute Gasteiger partial charge is 0.493 e. The average molecular weight is 140 g/mol. The van der Waals surface area contributed by atoms with Gasteiger partial charge in [0.2, 0.25) is 5.88 Å². The summed E-state index contributed by atoms with van der Waals surface area (Å²) >= 11 is 0. The number of hydrogen-bond donors (Lipinski definition) is 1. The van der Waals surface area contributed by atoms with Crippen LogP contribution in [0.15, 0.2) is 18.3 Å². The van der Waals surface area contributed by atoms with Gasteiger partial charge in [0, 0.05) is 12.2 Å². The Hall–Kier alpha value is -1.05. The molecule has 0 radical (unpaired) electrons. The highest BCUT2D eigenvalue weighted by Gasteiger charge is 1.97. The monoisotopic (exact) mass is 140 g/mol. The van der Waals surface area contributed by atoms with Crippen LogP contribution < -0.4 is 0 Å². The topological polar surface area (TPSA) is 33.1 Å². The zero-order valence-electron chi connectivity index (χ0n) is 8.97. The molecule has 0 bridgehead atoms. The maximum atomic E-state index is 9.05. The van der Waals surface area contributed by atoms with Crippen molar-refractivity contribution in [1.29, 1.82) is 0 Å². The molecule has 0 fully saturated rings. The number of rotatable bonds is 1. The Morgan fingerprint density at radius 2 is 2.30 bits per heavy atom. The highest BCUT2D eigenvalue weighted by atomic mass is 16.3. The van der Waals surface area contributed by atoms with E-state index in [-0.39, 0.29) is 24.2 Å². The van der Waals surface area contributed by atoms with Crippen LogP contribution in [0.1, 0.15) is 29.4 Å². The van der Waals surface area contributed by atoms with Crippen LogP contribution in [-0.2, 0) is 0 Å². The minimum Gasteiger partial charge on any atom is -0.493 e. The van der Waals surface area contributed by atoms with Crippen molar-refractivity contribution in [2.45, 2.75) is 19.8 Å². The third-order valence-corrected chi connectivity index (χ3v) is 1.17. The van der Waals surface area contributed by atoms with Gasteiger partial charge in [-0.2, -0.15) is 0 Å². The molecule has 0 saturated carbocycles. The van der Waals surface area contributed by atoms with E-state index in [0.29, 0.717) is 5.56 Å². The lowest BCUT2D eigenvalue weighted by atomic mass is 10.1. The van der Waals surface area contributed by atoms with Crippen LogP contribution >= 0.6 is 0 Å². The van der Waals surface area contributed by atoms with Gasteiger partial charge in [-0.15, -0.1) is 0 Å². The zero-order valence-corrected chi connectivity index (χ0v) is 5.97. The molecule has 0 atom stereocenters. The van der Waals surface area contributed by atoms with Crippen LogP contribution in [0.2, 0.25) is 0 Å². The van der Waals surface area contributed by atoms with Gasteiger partial charge < -0.3 is 5.11 Å². The van der Waals surface area contributed by atoms with E-state index in [9.17, 15) is 0 Å². The van der Waals surface area contributed by atoms with Crippen molar-refractivity contribution >= 4 is 0 Å². The molecule has 0 aliphatic carbocycles. The number of nitrogens with zero attached hydrogens (tertiary/aromatic N) is 1. The summed E-state index contributed by atoms with van der Waals surface area (Å²) in [6, 6.07) is -0.410. The van der Waals surface area contributed by atoms with Gasteiger partial charge in [0.15, 0.2) is 0 Å². The van der Waals surface area contributed by atoms with Gasteiger partial charge in [0.05, 0.1) is 4.11 Å². The van der Waals surface area contributed by atoms with E-state index in [1.807, 2.05) is 13.8 Å². The number of hydrogen-bond acceptors (Lipinski definition) is 2. The van der Waals surface area contributed by atoms with E-state index in [0.717, 1.165) is 0 Å². The summed E-state index contributed by atoms with van der Waals surface area (Å²) in [6.45, 7) is 3.65. The molecule has 54 valence electrons. The molecule has 0 saturated heterocycles. The van der Waals surface area contributed by atoms with Crippen LogP contribution in [0.5, 0.6) is 5.88 Å². The van der Waals surface area contributed by atoms with Crippen LogP contribution in [0.4, 0.5) is 0 Å². The van der Waals surface area contributed by atoms with Gasteiger partial charge in [-0.05, 0) is 11.5 Å². The maximum absolute atomic E-state index is 9.05. The van der Waals surface area contributed by atoms with Crippen LogP contribution in [0.3, 0.4) is 0 Å². The van der Waals surface area contributed by atoms with E-state index in [2.05, 4.69) is 4.98 Å². The van der Waals surface area contributed by atoms with Crippen molar-refractivity contribution in [3.05, 3.63) is 23.8 Å². The molecule has 1 rings (SSSR count). The smallest absolute Gasteiger partial charge is 0.210 e. The second kappa shape index (κ2) is 2.69. The zero-order chi connectivity index (χ0) is 10.2. The van der Waals surface area contributed by atoms with E-state index >= 15 is 0 Å². The Kier molecular flexibility index (Phi) is 1.07. The molecule has 0 spiro atoms. The molecule has 0 amide bonds. The maximum Gasteiger partial charge on any atom is 0.210 e. The third kappa shape index (κ3) is 1.47. The molecule has 1 N–H and O–H groups in total. The highest BCUT2D eigenvalue weighted by Crippen LogP contribution is 2.14. The molecule has 2 heteroatoms. The van der Waals surface area contributed by atoms with Gasteiger partial charge >= 0.3 is 0 Å². The first-order chi connectivity index (χ1) is 5.95. The Bertz CT molecular complexity index is 339. The van der Waals surface area contributed by atoms with Gasteiger partial charge in [-0.1, -0.05) is 19.9 Å². The lowest BCUT2D eigenvalue weighted by molar-refractivity contribution is 0.453. The van der Waals surface area contributed by atoms with Gasteiger partial charge in [0.25, 0.3) is 0 Å². The van der Waals surface area contributed by atoms with Gasteiger partial charge in [0.1, 0.15) is 0 Å². The van der Waals surface area contributed by atoms with Crippen molar-refractivity contribution in [2.75, 3.05) is 0 Å². The minimum atomic E-state index is -0.542. The fourth-order valence-corrected chi connectivity index (χ4v) is 0.566. The molecule has 1 aromatic rings. The minimum absolute atomic E-state index is 0.0304. The number of pyridine rings is 1. The summed E-state index contributed by atoms with van der Waals surface area (Å²) < 4.78 is 22.2. The Balaban J connectivity index is 3.44. The molecule has 1 heterocycles. The van der Waals surface area contributed by atoms with Crippen LogP contribution in [0.25, 0.3) is 0 Å². The molecular formula is C8H11NO. The van der Waals surface area contributed by atoms with Crippen molar-refractivity contribution in [2.24, 2.45) is 0 Å². The fourth-order valence-electron chi connectivity index (χ4n) is 0.566. The molecule has 0 aliphatic heterocycles. The van der Waals surface area contributed by atoms with E-state index in [1.54, 1.807) is 0 Å².